The number of carbonyl (C=O) groups excluding carboxylic acids is 1. The molecule has 0 fully saturated rings. The Hall–Kier alpha value is -2.54. The molecule has 152 valence electrons. The zero-order valence-corrected chi connectivity index (χ0v) is 17.8. The highest BCUT2D eigenvalue weighted by atomic mass is 32.2. The Morgan fingerprint density at radius 2 is 1.75 bits per heavy atom. The molecule has 0 radical (unpaired) electrons. The summed E-state index contributed by atoms with van der Waals surface area (Å²) in [6, 6.07) is 14.5. The predicted octanol–water partition coefficient (Wildman–Crippen LogP) is 3.43. The minimum absolute atomic E-state index is 0.0782. The first-order valence-electron chi connectivity index (χ1n) is 9.20. The molecule has 0 aliphatic heterocycles. The van der Waals surface area contributed by atoms with Gasteiger partial charge in [0, 0.05) is 7.05 Å². The molecule has 0 spiro atoms. The van der Waals surface area contributed by atoms with E-state index in [0.29, 0.717) is 11.4 Å². The fourth-order valence-corrected chi connectivity index (χ4v) is 3.35. The maximum Gasteiger partial charge on any atom is 0.261 e. The molecule has 0 aliphatic rings. The maximum absolute atomic E-state index is 12.6. The summed E-state index contributed by atoms with van der Waals surface area (Å²) >= 11 is 0. The van der Waals surface area contributed by atoms with E-state index in [0.717, 1.165) is 23.8 Å². The van der Waals surface area contributed by atoms with Crippen LogP contribution in [0.4, 0.5) is 5.69 Å². The molecule has 7 heteroatoms. The molecule has 0 bridgehead atoms. The van der Waals surface area contributed by atoms with Crippen LogP contribution < -0.4 is 14.4 Å². The fraction of sp³-hybridized carbons (Fsp3) is 0.381. The van der Waals surface area contributed by atoms with Crippen molar-refractivity contribution in [2.24, 2.45) is 0 Å². The molecule has 2 aromatic carbocycles. The van der Waals surface area contributed by atoms with Crippen molar-refractivity contribution < 1.29 is 17.9 Å². The molecule has 2 rings (SSSR count). The third-order valence-electron chi connectivity index (χ3n) is 4.67. The van der Waals surface area contributed by atoms with E-state index in [1.54, 1.807) is 31.2 Å². The van der Waals surface area contributed by atoms with Crippen molar-refractivity contribution >= 4 is 21.6 Å². The number of carbonyl (C=O) groups is 1. The zero-order valence-electron chi connectivity index (χ0n) is 17.0. The van der Waals surface area contributed by atoms with Gasteiger partial charge in [-0.1, -0.05) is 31.2 Å². The first kappa shape index (κ1) is 21.8. The van der Waals surface area contributed by atoms with Gasteiger partial charge in [-0.2, -0.15) is 0 Å². The largest absolute Gasteiger partial charge is 0.481 e. The molecule has 0 saturated carbocycles. The molecule has 28 heavy (non-hydrogen) atoms. The molecule has 0 unspecified atom stereocenters. The van der Waals surface area contributed by atoms with Crippen molar-refractivity contribution in [3.63, 3.8) is 0 Å². The van der Waals surface area contributed by atoms with Crippen LogP contribution in [0.2, 0.25) is 0 Å². The second-order valence-electron chi connectivity index (χ2n) is 6.81. The molecular formula is C21H28N2O4S. The minimum Gasteiger partial charge on any atom is -0.481 e. The van der Waals surface area contributed by atoms with Crippen LogP contribution >= 0.6 is 0 Å². The predicted molar refractivity (Wildman–Crippen MR) is 112 cm³/mol. The highest BCUT2D eigenvalue weighted by Crippen LogP contribution is 2.23. The van der Waals surface area contributed by atoms with Crippen molar-refractivity contribution in [3.8, 4) is 5.75 Å². The summed E-state index contributed by atoms with van der Waals surface area (Å²) in [5, 5.41) is 3.04. The number of ether oxygens (including phenoxy) is 1. The molecule has 1 N–H and O–H groups in total. The van der Waals surface area contributed by atoms with Gasteiger partial charge in [0.1, 0.15) is 5.75 Å². The smallest absolute Gasteiger partial charge is 0.261 e. The van der Waals surface area contributed by atoms with Crippen LogP contribution in [0.1, 0.15) is 37.4 Å². The zero-order chi connectivity index (χ0) is 20.9. The number of aryl methyl sites for hydroxylation is 1. The summed E-state index contributed by atoms with van der Waals surface area (Å²) in [6.07, 6.45) is 1.23. The van der Waals surface area contributed by atoms with Gasteiger partial charge in [0.15, 0.2) is 6.10 Å². The van der Waals surface area contributed by atoms with E-state index >= 15 is 0 Å². The minimum atomic E-state index is -3.32. The standard InChI is InChI=1S/C21H28N2O4S/c1-6-20(19-10-8-7-9-15(19)2)22-21(24)16(3)27-18-13-11-17(12-14-18)23(4)28(5,25)26/h7-14,16,20H,6H2,1-5H3,(H,22,24)/t16-,20-/m1/s1. The molecule has 0 saturated heterocycles. The van der Waals surface area contributed by atoms with Crippen molar-refractivity contribution in [2.75, 3.05) is 17.6 Å². The lowest BCUT2D eigenvalue weighted by atomic mass is 9.99. The summed E-state index contributed by atoms with van der Waals surface area (Å²) in [5.41, 5.74) is 2.75. The number of nitrogens with zero attached hydrogens (tertiary/aromatic N) is 1. The average molecular weight is 405 g/mol. The van der Waals surface area contributed by atoms with Gasteiger partial charge in [-0.15, -0.1) is 0 Å². The van der Waals surface area contributed by atoms with Gasteiger partial charge in [-0.05, 0) is 55.7 Å². The molecule has 2 aromatic rings. The number of nitrogens with one attached hydrogen (secondary N) is 1. The fourth-order valence-electron chi connectivity index (χ4n) is 2.85. The Labute approximate surface area is 167 Å². The molecule has 2 atom stereocenters. The lowest BCUT2D eigenvalue weighted by molar-refractivity contribution is -0.128. The molecule has 6 nitrogen and oxygen atoms in total. The summed E-state index contributed by atoms with van der Waals surface area (Å²) in [7, 11) is -1.84. The summed E-state index contributed by atoms with van der Waals surface area (Å²) in [4.78, 5) is 12.6. The number of rotatable bonds is 8. The Bertz CT molecular complexity index is 910. The second-order valence-corrected chi connectivity index (χ2v) is 8.82. The molecular weight excluding hydrogens is 376 g/mol. The van der Waals surface area contributed by atoms with Crippen molar-refractivity contribution in [1.82, 2.24) is 5.32 Å². The van der Waals surface area contributed by atoms with Gasteiger partial charge in [0.2, 0.25) is 10.0 Å². The second kappa shape index (κ2) is 9.10. The van der Waals surface area contributed by atoms with E-state index < -0.39 is 16.1 Å². The Balaban J connectivity index is 2.03. The molecule has 0 aromatic heterocycles. The number of hydrogen-bond acceptors (Lipinski definition) is 4. The van der Waals surface area contributed by atoms with E-state index in [9.17, 15) is 13.2 Å². The van der Waals surface area contributed by atoms with Crippen LogP contribution in [0.25, 0.3) is 0 Å². The maximum atomic E-state index is 12.6. The monoisotopic (exact) mass is 404 g/mol. The van der Waals surface area contributed by atoms with Crippen LogP contribution in [0, 0.1) is 6.92 Å². The number of anilines is 1. The summed E-state index contributed by atoms with van der Waals surface area (Å²) < 4.78 is 30.1. The summed E-state index contributed by atoms with van der Waals surface area (Å²) in [6.45, 7) is 5.75. The van der Waals surface area contributed by atoms with Gasteiger partial charge in [0.05, 0.1) is 18.0 Å². The van der Waals surface area contributed by atoms with Gasteiger partial charge in [-0.25, -0.2) is 8.42 Å². The average Bonchev–Trinajstić information content (AvgIpc) is 2.65. The molecule has 0 aliphatic carbocycles. The lowest BCUT2D eigenvalue weighted by Gasteiger charge is -2.22. The van der Waals surface area contributed by atoms with E-state index in [1.807, 2.05) is 38.1 Å². The van der Waals surface area contributed by atoms with Crippen LogP contribution in [0.3, 0.4) is 0 Å². The Morgan fingerprint density at radius 1 is 1.14 bits per heavy atom. The SMILES string of the molecule is CC[C@@H](NC(=O)[C@@H](C)Oc1ccc(N(C)S(C)(=O)=O)cc1)c1ccccc1C. The van der Waals surface area contributed by atoms with Gasteiger partial charge in [-0.3, -0.25) is 9.10 Å². The quantitative estimate of drug-likeness (QED) is 0.731. The Kier molecular flexibility index (Phi) is 7.07. The molecule has 0 heterocycles. The van der Waals surface area contributed by atoms with Crippen LogP contribution in [0.15, 0.2) is 48.5 Å². The van der Waals surface area contributed by atoms with Gasteiger partial charge in [0.25, 0.3) is 5.91 Å². The van der Waals surface area contributed by atoms with Gasteiger partial charge >= 0.3 is 0 Å². The van der Waals surface area contributed by atoms with Crippen LogP contribution in [0.5, 0.6) is 5.75 Å². The first-order chi connectivity index (χ1) is 13.1. The third-order valence-corrected chi connectivity index (χ3v) is 5.87. The topological polar surface area (TPSA) is 75.7 Å². The highest BCUT2D eigenvalue weighted by Gasteiger charge is 2.20. The van der Waals surface area contributed by atoms with Crippen molar-refractivity contribution in [2.45, 2.75) is 39.3 Å². The van der Waals surface area contributed by atoms with E-state index in [-0.39, 0.29) is 11.9 Å². The van der Waals surface area contributed by atoms with E-state index in [2.05, 4.69) is 5.32 Å². The van der Waals surface area contributed by atoms with E-state index in [4.69, 9.17) is 4.74 Å². The number of amides is 1. The lowest BCUT2D eigenvalue weighted by Crippen LogP contribution is -2.38. The molecule has 1 amide bonds. The number of benzene rings is 2. The normalized spacial score (nSPS) is 13.5. The van der Waals surface area contributed by atoms with Crippen molar-refractivity contribution in [3.05, 3.63) is 59.7 Å². The van der Waals surface area contributed by atoms with Crippen molar-refractivity contribution in [1.29, 1.82) is 0 Å². The van der Waals surface area contributed by atoms with Gasteiger partial charge < -0.3 is 10.1 Å². The first-order valence-corrected chi connectivity index (χ1v) is 11.0. The van der Waals surface area contributed by atoms with E-state index in [1.165, 1.54) is 11.4 Å². The Morgan fingerprint density at radius 3 is 2.29 bits per heavy atom. The number of hydrogen-bond donors (Lipinski definition) is 1. The summed E-state index contributed by atoms with van der Waals surface area (Å²) in [5.74, 6) is 0.296. The van der Waals surface area contributed by atoms with Crippen LogP contribution in [-0.2, 0) is 14.8 Å². The third kappa shape index (κ3) is 5.48. The van der Waals surface area contributed by atoms with Crippen LogP contribution in [-0.4, -0.2) is 33.7 Å². The number of sulfonamides is 1. The highest BCUT2D eigenvalue weighted by molar-refractivity contribution is 7.92.